The summed E-state index contributed by atoms with van der Waals surface area (Å²) >= 11 is 3.56. The maximum atomic E-state index is 6.74. The van der Waals surface area contributed by atoms with Crippen LogP contribution in [-0.2, 0) is 31.0 Å². The first-order valence-electron chi connectivity index (χ1n) is 45.2. The fourth-order valence-electron chi connectivity index (χ4n) is 21.8. The average molecular weight is 1760 g/mol. The Morgan fingerprint density at radius 3 is 0.939 bits per heavy atom. The predicted molar refractivity (Wildman–Crippen MR) is 548 cm³/mol. The summed E-state index contributed by atoms with van der Waals surface area (Å²) in [5.74, 6) is 0. The summed E-state index contributed by atoms with van der Waals surface area (Å²) in [4.78, 5) is 4.70. The third-order valence-corrected chi connectivity index (χ3v) is 29.4. The molecule has 5 aliphatic rings. The second-order valence-electron chi connectivity index (χ2n) is 37.3. The van der Waals surface area contributed by atoms with Crippen molar-refractivity contribution in [3.8, 4) is 55.6 Å². The van der Waals surface area contributed by atoms with Crippen LogP contribution in [0.4, 0.5) is 34.1 Å². The van der Waals surface area contributed by atoms with Crippen molar-refractivity contribution in [3.63, 3.8) is 0 Å². The second kappa shape index (κ2) is 31.8. The zero-order chi connectivity index (χ0) is 88.0. The van der Waals surface area contributed by atoms with Crippen LogP contribution in [0.15, 0.2) is 438 Å². The van der Waals surface area contributed by atoms with E-state index in [1.165, 1.54) is 117 Å². The molecule has 1 saturated heterocycles. The summed E-state index contributed by atoms with van der Waals surface area (Å²) in [6.07, 6.45) is 0. The molecule has 0 radical (unpaired) electrons. The van der Waals surface area contributed by atoms with E-state index in [4.69, 9.17) is 18.1 Å². The Balaban J connectivity index is 0.000000123. The first-order chi connectivity index (χ1) is 63.3. The number of halogens is 1. The van der Waals surface area contributed by atoms with E-state index in [2.05, 4.69) is 506 Å². The van der Waals surface area contributed by atoms with Crippen LogP contribution in [-0.4, -0.2) is 18.3 Å². The normalized spacial score (nSPS) is 15.1. The van der Waals surface area contributed by atoms with Gasteiger partial charge >= 0.3 is 7.12 Å². The van der Waals surface area contributed by atoms with Crippen molar-refractivity contribution < 1.29 is 18.1 Å². The number of anilines is 6. The highest BCUT2D eigenvalue weighted by Crippen LogP contribution is 2.61. The summed E-state index contributed by atoms with van der Waals surface area (Å²) in [6.45, 7) is 17.7. The van der Waals surface area contributed by atoms with Gasteiger partial charge in [-0.05, 0) is 283 Å². The first-order valence-corrected chi connectivity index (χ1v) is 46.0. The number of hydrogen-bond acceptors (Lipinski definition) is 6. The van der Waals surface area contributed by atoms with Gasteiger partial charge in [-0.3, -0.25) is 0 Å². The highest BCUT2D eigenvalue weighted by Gasteiger charge is 2.53. The summed E-state index contributed by atoms with van der Waals surface area (Å²) in [5, 5.41) is 4.43. The molecule has 25 rings (SSSR count). The lowest BCUT2D eigenvalue weighted by Crippen LogP contribution is -2.41. The van der Waals surface area contributed by atoms with Crippen molar-refractivity contribution in [2.75, 3.05) is 9.80 Å². The van der Waals surface area contributed by atoms with E-state index in [9.17, 15) is 0 Å². The van der Waals surface area contributed by atoms with Gasteiger partial charge in [-0.2, -0.15) is 0 Å². The molecule has 2 aromatic heterocycles. The molecular formula is C123H97BBrN2O4-. The van der Waals surface area contributed by atoms with Crippen molar-refractivity contribution in [2.45, 2.75) is 88.3 Å². The third kappa shape index (κ3) is 13.2. The summed E-state index contributed by atoms with van der Waals surface area (Å²) < 4.78 is 27.1. The molecule has 0 saturated carbocycles. The maximum Gasteiger partial charge on any atom is 0.494 e. The van der Waals surface area contributed by atoms with Gasteiger partial charge in [0, 0.05) is 71.0 Å². The van der Waals surface area contributed by atoms with Crippen LogP contribution in [0, 0.1) is 7.43 Å². The fourth-order valence-corrected chi connectivity index (χ4v) is 22.1. The quantitative estimate of drug-likeness (QED) is 0.0897. The largest absolute Gasteiger partial charge is 0.494 e. The zero-order valence-corrected chi connectivity index (χ0v) is 76.5. The summed E-state index contributed by atoms with van der Waals surface area (Å²) in [5.41, 5.74) is 37.9. The maximum absolute atomic E-state index is 6.74. The number of hydrogen-bond donors (Lipinski definition) is 0. The number of rotatable bonds is 12. The smallest absolute Gasteiger partial charge is 0.456 e. The van der Waals surface area contributed by atoms with Crippen LogP contribution < -0.4 is 15.3 Å². The minimum absolute atomic E-state index is 0. The topological polar surface area (TPSA) is 51.2 Å². The van der Waals surface area contributed by atoms with E-state index >= 15 is 0 Å². The van der Waals surface area contributed by atoms with Gasteiger partial charge < -0.3 is 35.4 Å². The molecule has 1 fully saturated rings. The number of fused-ring (bicyclic) bond motifs is 18. The summed E-state index contributed by atoms with van der Waals surface area (Å²) in [7, 11) is -0.423. The Hall–Kier alpha value is -14.4. The number of furan rings is 2. The Bertz CT molecular complexity index is 7700. The van der Waals surface area contributed by atoms with Crippen LogP contribution in [0.5, 0.6) is 0 Å². The van der Waals surface area contributed by atoms with Gasteiger partial charge in [-0.25, -0.2) is 0 Å². The van der Waals surface area contributed by atoms with E-state index in [-0.39, 0.29) is 18.3 Å². The Kier molecular flexibility index (Phi) is 20.0. The van der Waals surface area contributed by atoms with Gasteiger partial charge in [0.25, 0.3) is 0 Å². The lowest BCUT2D eigenvalue weighted by Gasteiger charge is -2.33. The Morgan fingerprint density at radius 2 is 0.534 bits per heavy atom. The summed E-state index contributed by atoms with van der Waals surface area (Å²) in [6, 6.07) is 154. The molecule has 0 amide bonds. The fraction of sp³-hybridized carbons (Fsp3) is 0.114. The molecule has 6 nitrogen and oxygen atoms in total. The molecule has 20 aromatic rings. The molecule has 0 bridgehead atoms. The first kappa shape index (κ1) is 82.3. The number of benzene rings is 18. The number of nitrogens with zero attached hydrogens (tertiary/aromatic N) is 2. The van der Waals surface area contributed by atoms with Crippen LogP contribution in [0.1, 0.15) is 122 Å². The number of para-hydroxylation sites is 2. The van der Waals surface area contributed by atoms with Crippen LogP contribution in [0.3, 0.4) is 0 Å². The molecule has 0 N–H and O–H groups in total. The predicted octanol–water partition coefficient (Wildman–Crippen LogP) is 32.3. The molecule has 1 aliphatic heterocycles. The standard InChI is InChI=1S/C58H41NO.C37H31BO3.C27H22BrN.CH3/c1-57(2)51-24-14-12-22-45(51)47-32-31-44(35-53(47)57)59(42-20-10-5-11-21-42)43-29-26-38(27-30-43)39-28-33-55-49(34-39)50-36-48-46-23-13-15-25-52(46)58(40-16-6-3-7-17-40,41-18-8-4-9-19-41)54(48)37-56(50)60-55;1-35(2)36(3,4)41-38(40-35)26-19-20-33-29(21-26)30-22-28-27-17-11-12-18-31(27)37(24-13-7-5-8-14-24,25-15-9-6-10-16-25)32(28)23-34(30)39-33;1-27(2)25-11-7-6-10-23(25)24-17-16-22(18-26(24)27)29(20-8-4-3-5-9-20)21-14-12-19(28)13-15-21;/h3-37H,1-2H3;5-23H,1-4H3;3-18H,1-2H3;1H3/q;;;-1. The third-order valence-electron chi connectivity index (χ3n) is 28.9. The van der Waals surface area contributed by atoms with Gasteiger partial charge in [0.1, 0.15) is 22.3 Å². The monoisotopic (exact) mass is 1760 g/mol. The van der Waals surface area contributed by atoms with Crippen molar-refractivity contribution in [3.05, 3.63) is 503 Å². The lowest BCUT2D eigenvalue weighted by molar-refractivity contribution is 0.00578. The van der Waals surface area contributed by atoms with E-state index in [0.29, 0.717) is 0 Å². The van der Waals surface area contributed by atoms with Crippen LogP contribution in [0.25, 0.3) is 99.5 Å². The van der Waals surface area contributed by atoms with Gasteiger partial charge in [0.05, 0.1) is 22.0 Å². The minimum atomic E-state index is -0.469. The van der Waals surface area contributed by atoms with Gasteiger partial charge in [-0.15, -0.1) is 0 Å². The molecule has 0 spiro atoms. The lowest BCUT2D eigenvalue weighted by atomic mass is 9.67. The Morgan fingerprint density at radius 1 is 0.229 bits per heavy atom. The highest BCUT2D eigenvalue weighted by molar-refractivity contribution is 9.10. The van der Waals surface area contributed by atoms with Crippen LogP contribution in [0.2, 0.25) is 0 Å². The molecule has 8 heteroatoms. The molecule has 4 aliphatic carbocycles. The highest BCUT2D eigenvalue weighted by atomic mass is 79.9. The van der Waals surface area contributed by atoms with Gasteiger partial charge in [0.15, 0.2) is 0 Å². The van der Waals surface area contributed by atoms with E-state index in [0.717, 1.165) is 93.4 Å². The second-order valence-corrected chi connectivity index (χ2v) is 38.2. The SMILES string of the molecule is CC1(C)OB(c2ccc3oc4cc5c(cc4c3c2)-c2ccccc2C5(c2ccccc2)c2ccccc2)OC1(C)C.CC1(C)c2ccccc2-c2ccc(N(c3ccccc3)c3ccc(-c4ccc5oc6cc7c(cc6c5c4)-c4ccccc4C7(c4ccccc4)c4ccccc4)cc3)cc21.CC1(C)c2ccccc2-c2ccc(N(c3ccccc3)c3ccc(Br)cc3)cc21.[CH3-]. The average Bonchev–Trinajstić information content (AvgIpc) is 1.53. The Labute approximate surface area is 776 Å². The minimum Gasteiger partial charge on any atom is -0.456 e. The van der Waals surface area contributed by atoms with E-state index in [1.807, 2.05) is 0 Å². The van der Waals surface area contributed by atoms with Crippen molar-refractivity contribution in [1.82, 2.24) is 0 Å². The molecule has 634 valence electrons. The van der Waals surface area contributed by atoms with E-state index in [1.54, 1.807) is 0 Å². The molecule has 131 heavy (non-hydrogen) atoms. The van der Waals surface area contributed by atoms with Crippen LogP contribution >= 0.6 is 15.9 Å². The van der Waals surface area contributed by atoms with Crippen molar-refractivity contribution in [1.29, 1.82) is 0 Å². The molecule has 18 aromatic carbocycles. The van der Waals surface area contributed by atoms with Crippen molar-refractivity contribution >= 4 is 107 Å². The molecule has 3 heterocycles. The molecule has 0 atom stereocenters. The van der Waals surface area contributed by atoms with Gasteiger partial charge in [0.2, 0.25) is 0 Å². The van der Waals surface area contributed by atoms with Gasteiger partial charge in [-0.1, -0.05) is 341 Å². The van der Waals surface area contributed by atoms with Crippen molar-refractivity contribution in [2.24, 2.45) is 0 Å². The molecule has 0 unspecified atom stereocenters. The van der Waals surface area contributed by atoms with E-state index < -0.39 is 29.2 Å². The zero-order valence-electron chi connectivity index (χ0n) is 74.9. The molecular weight excluding hydrogens is 1660 g/mol.